The Bertz CT molecular complexity index is 388. The minimum absolute atomic E-state index is 0.199. The van der Waals surface area contributed by atoms with Crippen molar-refractivity contribution in [1.29, 1.82) is 0 Å². The molecule has 0 aromatic rings. The highest BCUT2D eigenvalue weighted by Crippen LogP contribution is 2.47. The van der Waals surface area contributed by atoms with Crippen molar-refractivity contribution >= 4 is 6.09 Å². The third kappa shape index (κ3) is 3.00. The second-order valence-electron chi connectivity index (χ2n) is 7.22. The van der Waals surface area contributed by atoms with E-state index < -0.39 is 5.60 Å². The van der Waals surface area contributed by atoms with E-state index in [0.29, 0.717) is 6.42 Å². The smallest absolute Gasteiger partial charge is 0.410 e. The minimum Gasteiger partial charge on any atom is -0.444 e. The first-order chi connectivity index (χ1) is 9.27. The van der Waals surface area contributed by atoms with E-state index in [-0.39, 0.29) is 23.7 Å². The maximum absolute atomic E-state index is 12.4. The summed E-state index contributed by atoms with van der Waals surface area (Å²) in [5.74, 6) is 0.218. The molecule has 1 saturated carbocycles. The summed E-state index contributed by atoms with van der Waals surface area (Å²) in [6, 6.07) is 0. The molecule has 0 aromatic heterocycles. The van der Waals surface area contributed by atoms with Crippen LogP contribution in [0.4, 0.5) is 4.79 Å². The van der Waals surface area contributed by atoms with E-state index in [1.165, 1.54) is 0 Å². The zero-order valence-electron chi connectivity index (χ0n) is 12.9. The van der Waals surface area contributed by atoms with Crippen LogP contribution < -0.4 is 0 Å². The van der Waals surface area contributed by atoms with Gasteiger partial charge in [-0.25, -0.2) is 4.79 Å². The molecule has 2 aliphatic rings. The van der Waals surface area contributed by atoms with E-state index in [0.717, 1.165) is 32.2 Å². The van der Waals surface area contributed by atoms with Crippen LogP contribution in [0.25, 0.3) is 0 Å². The van der Waals surface area contributed by atoms with Gasteiger partial charge in [0.1, 0.15) is 5.60 Å². The van der Waals surface area contributed by atoms with Crippen LogP contribution >= 0.6 is 0 Å². The fraction of sp³-hybridized carbons (Fsp3) is 0.812. The van der Waals surface area contributed by atoms with Gasteiger partial charge in [-0.15, -0.1) is 6.58 Å². The van der Waals surface area contributed by atoms with Gasteiger partial charge < -0.3 is 14.7 Å². The molecule has 20 heavy (non-hydrogen) atoms. The van der Waals surface area contributed by atoms with Crippen LogP contribution in [0, 0.1) is 5.92 Å². The largest absolute Gasteiger partial charge is 0.444 e. The number of hydrogen-bond acceptors (Lipinski definition) is 3. The van der Waals surface area contributed by atoms with Crippen molar-refractivity contribution in [2.75, 3.05) is 6.54 Å². The van der Waals surface area contributed by atoms with Crippen molar-refractivity contribution in [1.82, 2.24) is 4.90 Å². The quantitative estimate of drug-likeness (QED) is 0.791. The Morgan fingerprint density at radius 2 is 2.20 bits per heavy atom. The molecule has 0 radical (unpaired) electrons. The summed E-state index contributed by atoms with van der Waals surface area (Å²) in [5, 5.41) is 10.3. The van der Waals surface area contributed by atoms with Gasteiger partial charge in [-0.05, 0) is 58.8 Å². The van der Waals surface area contributed by atoms with Crippen LogP contribution in [0.5, 0.6) is 0 Å². The van der Waals surface area contributed by atoms with Crippen LogP contribution in [0.2, 0.25) is 0 Å². The highest BCUT2D eigenvalue weighted by molar-refractivity contribution is 5.69. The first-order valence-corrected chi connectivity index (χ1v) is 7.57. The summed E-state index contributed by atoms with van der Waals surface area (Å²) in [4.78, 5) is 14.3. The number of carbonyl (C=O) groups is 1. The molecule has 4 heteroatoms. The van der Waals surface area contributed by atoms with Gasteiger partial charge in [0.25, 0.3) is 0 Å². The average Bonchev–Trinajstić information content (AvgIpc) is 2.82. The fourth-order valence-electron chi connectivity index (χ4n) is 3.68. The number of hydrogen-bond donors (Lipinski definition) is 1. The van der Waals surface area contributed by atoms with Gasteiger partial charge in [-0.3, -0.25) is 0 Å². The molecule has 114 valence electrons. The molecule has 1 heterocycles. The average molecular weight is 281 g/mol. The van der Waals surface area contributed by atoms with Gasteiger partial charge in [0.05, 0.1) is 6.10 Å². The number of allylic oxidation sites excluding steroid dienone is 1. The number of amides is 1. The van der Waals surface area contributed by atoms with Gasteiger partial charge in [0, 0.05) is 12.1 Å². The van der Waals surface area contributed by atoms with Gasteiger partial charge in [0.2, 0.25) is 0 Å². The molecular weight excluding hydrogens is 254 g/mol. The van der Waals surface area contributed by atoms with Crippen LogP contribution in [-0.2, 0) is 4.74 Å². The van der Waals surface area contributed by atoms with Crippen LogP contribution in [0.3, 0.4) is 0 Å². The molecule has 1 aliphatic heterocycles. The predicted octanol–water partition coefficient (Wildman–Crippen LogP) is 3.10. The second-order valence-corrected chi connectivity index (χ2v) is 7.22. The molecule has 1 amide bonds. The van der Waals surface area contributed by atoms with E-state index in [4.69, 9.17) is 4.74 Å². The van der Waals surface area contributed by atoms with Crippen molar-refractivity contribution < 1.29 is 14.6 Å². The zero-order valence-corrected chi connectivity index (χ0v) is 12.9. The molecule has 1 saturated heterocycles. The normalized spacial score (nSPS) is 33.7. The molecule has 1 aliphatic carbocycles. The standard InChI is InChI=1S/C16H27NO3/c1-5-7-12-10-16(11-13(12)18)8-6-9-17(16)14(19)20-15(2,3)4/h5,12-13,18H,1,6-11H2,2-4H3. The number of rotatable bonds is 2. The summed E-state index contributed by atoms with van der Waals surface area (Å²) in [6.45, 7) is 10.2. The minimum atomic E-state index is -0.474. The van der Waals surface area contributed by atoms with Gasteiger partial charge >= 0.3 is 6.09 Å². The Morgan fingerprint density at radius 3 is 2.80 bits per heavy atom. The predicted molar refractivity (Wildman–Crippen MR) is 78.4 cm³/mol. The Hall–Kier alpha value is -1.03. The molecule has 3 atom stereocenters. The number of aliphatic hydroxyl groups is 1. The first-order valence-electron chi connectivity index (χ1n) is 7.57. The van der Waals surface area contributed by atoms with E-state index in [1.54, 1.807) is 0 Å². The lowest BCUT2D eigenvalue weighted by Gasteiger charge is -2.36. The molecule has 4 nitrogen and oxygen atoms in total. The number of aliphatic hydroxyl groups excluding tert-OH is 1. The Kier molecular flexibility index (Phi) is 4.14. The first kappa shape index (κ1) is 15.4. The molecule has 1 N–H and O–H groups in total. The maximum atomic E-state index is 12.4. The van der Waals surface area contributed by atoms with Crippen molar-refractivity contribution in [2.24, 2.45) is 5.92 Å². The zero-order chi connectivity index (χ0) is 15.0. The molecule has 0 aromatic carbocycles. The van der Waals surface area contributed by atoms with Crippen molar-refractivity contribution in [3.05, 3.63) is 12.7 Å². The highest BCUT2D eigenvalue weighted by Gasteiger charge is 2.52. The van der Waals surface area contributed by atoms with E-state index in [9.17, 15) is 9.90 Å². The third-order valence-electron chi connectivity index (χ3n) is 4.46. The number of ether oxygens (including phenoxy) is 1. The molecule has 0 bridgehead atoms. The summed E-state index contributed by atoms with van der Waals surface area (Å²) in [5.41, 5.74) is -0.673. The molecule has 2 rings (SSSR count). The summed E-state index contributed by atoms with van der Waals surface area (Å²) in [6.07, 6.45) is 5.59. The van der Waals surface area contributed by atoms with Gasteiger partial charge in [-0.1, -0.05) is 6.08 Å². The van der Waals surface area contributed by atoms with E-state index >= 15 is 0 Å². The number of nitrogens with zero attached hydrogens (tertiary/aromatic N) is 1. The van der Waals surface area contributed by atoms with Crippen LogP contribution in [0.15, 0.2) is 12.7 Å². The highest BCUT2D eigenvalue weighted by atomic mass is 16.6. The number of likely N-dealkylation sites (tertiary alicyclic amines) is 1. The van der Waals surface area contributed by atoms with Crippen LogP contribution in [-0.4, -0.2) is 39.9 Å². The molecule has 2 fully saturated rings. The molecule has 1 spiro atoms. The maximum Gasteiger partial charge on any atom is 0.410 e. The topological polar surface area (TPSA) is 49.8 Å². The summed E-state index contributed by atoms with van der Waals surface area (Å²) in [7, 11) is 0. The third-order valence-corrected chi connectivity index (χ3v) is 4.46. The monoisotopic (exact) mass is 281 g/mol. The summed E-state index contributed by atoms with van der Waals surface area (Å²) < 4.78 is 5.52. The van der Waals surface area contributed by atoms with Crippen molar-refractivity contribution in [2.45, 2.75) is 70.1 Å². The van der Waals surface area contributed by atoms with Gasteiger partial charge in [-0.2, -0.15) is 0 Å². The molecule has 3 unspecified atom stereocenters. The Morgan fingerprint density at radius 1 is 1.50 bits per heavy atom. The van der Waals surface area contributed by atoms with Crippen molar-refractivity contribution in [3.8, 4) is 0 Å². The van der Waals surface area contributed by atoms with E-state index in [1.807, 2.05) is 31.7 Å². The lowest BCUT2D eigenvalue weighted by molar-refractivity contribution is 0.00672. The Labute approximate surface area is 121 Å². The van der Waals surface area contributed by atoms with Crippen molar-refractivity contribution in [3.63, 3.8) is 0 Å². The fourth-order valence-corrected chi connectivity index (χ4v) is 3.68. The number of carbonyl (C=O) groups excluding carboxylic acids is 1. The Balaban J connectivity index is 2.11. The van der Waals surface area contributed by atoms with E-state index in [2.05, 4.69) is 6.58 Å². The van der Waals surface area contributed by atoms with Crippen LogP contribution in [0.1, 0.15) is 52.9 Å². The van der Waals surface area contributed by atoms with Gasteiger partial charge in [0.15, 0.2) is 0 Å². The lowest BCUT2D eigenvalue weighted by Crippen LogP contribution is -2.48. The summed E-state index contributed by atoms with van der Waals surface area (Å²) >= 11 is 0. The SMILES string of the molecule is C=CCC1CC2(CCCN2C(=O)OC(C)(C)C)CC1O. The second kappa shape index (κ2) is 5.40. The molecular formula is C16H27NO3. The lowest BCUT2D eigenvalue weighted by atomic mass is 9.92.